The van der Waals surface area contributed by atoms with Crippen LogP contribution < -0.4 is 0 Å². The lowest BCUT2D eigenvalue weighted by atomic mass is 10.1. The van der Waals surface area contributed by atoms with Gasteiger partial charge < -0.3 is 0 Å². The molecule has 0 aliphatic heterocycles. The maximum Gasteiger partial charge on any atom is 0.262 e. The maximum atomic E-state index is 12.6. The highest BCUT2D eigenvalue weighted by atomic mass is 35.5. The van der Waals surface area contributed by atoms with Gasteiger partial charge in [0.1, 0.15) is 0 Å². The second-order valence-corrected chi connectivity index (χ2v) is 6.86. The van der Waals surface area contributed by atoms with Gasteiger partial charge in [0.2, 0.25) is 0 Å². The monoisotopic (exact) mass is 307 g/mol. The molecule has 1 unspecified atom stereocenters. The van der Waals surface area contributed by atoms with Crippen molar-refractivity contribution in [3.05, 3.63) is 11.3 Å². The van der Waals surface area contributed by atoms with Crippen LogP contribution in [0, 0.1) is 12.8 Å². The average Bonchev–Trinajstić information content (AvgIpc) is 2.76. The predicted octanol–water partition coefficient (Wildman–Crippen LogP) is 2.51. The zero-order valence-electron chi connectivity index (χ0n) is 11.9. The highest BCUT2D eigenvalue weighted by Crippen LogP contribution is 2.23. The minimum atomic E-state index is -3.57. The Morgan fingerprint density at radius 1 is 1.42 bits per heavy atom. The van der Waals surface area contributed by atoms with Crippen LogP contribution in [0.1, 0.15) is 38.4 Å². The zero-order chi connectivity index (χ0) is 14.6. The third kappa shape index (κ3) is 3.49. The smallest absolute Gasteiger partial charge is 0.262 e. The number of nitrogens with one attached hydrogen (secondary N) is 1. The van der Waals surface area contributed by atoms with Gasteiger partial charge in [-0.2, -0.15) is 9.40 Å². The van der Waals surface area contributed by atoms with Crippen LogP contribution in [-0.2, 0) is 15.9 Å². The lowest BCUT2D eigenvalue weighted by Gasteiger charge is -2.22. The standard InChI is InChI=1S/C12H22ClN3O2S/c1-5-9(3)8-16(6-2)19(17,18)12-11(7-13)10(4)14-15-12/h9H,5-8H2,1-4H3,(H,14,15). The molecule has 0 spiro atoms. The van der Waals surface area contributed by atoms with Crippen molar-refractivity contribution in [2.24, 2.45) is 5.92 Å². The Bertz CT molecular complexity index is 513. The molecule has 0 saturated carbocycles. The molecule has 1 rings (SSSR count). The Morgan fingerprint density at radius 2 is 2.05 bits per heavy atom. The number of rotatable bonds is 7. The largest absolute Gasteiger partial charge is 0.281 e. The molecule has 1 aromatic heterocycles. The van der Waals surface area contributed by atoms with Gasteiger partial charge in [-0.25, -0.2) is 8.42 Å². The lowest BCUT2D eigenvalue weighted by Crippen LogP contribution is -2.35. The van der Waals surface area contributed by atoms with Gasteiger partial charge in [0.25, 0.3) is 10.0 Å². The third-order valence-corrected chi connectivity index (χ3v) is 5.50. The molecule has 1 N–H and O–H groups in total. The van der Waals surface area contributed by atoms with Crippen LogP contribution in [0.2, 0.25) is 0 Å². The fourth-order valence-corrected chi connectivity index (χ4v) is 3.94. The Morgan fingerprint density at radius 3 is 2.53 bits per heavy atom. The summed E-state index contributed by atoms with van der Waals surface area (Å²) in [5.74, 6) is 0.451. The van der Waals surface area contributed by atoms with E-state index in [1.807, 2.05) is 20.8 Å². The molecular weight excluding hydrogens is 286 g/mol. The van der Waals surface area contributed by atoms with E-state index in [4.69, 9.17) is 11.6 Å². The van der Waals surface area contributed by atoms with Crippen molar-refractivity contribution in [3.8, 4) is 0 Å². The molecular formula is C12H22ClN3O2S. The summed E-state index contributed by atoms with van der Waals surface area (Å²) in [7, 11) is -3.57. The molecule has 5 nitrogen and oxygen atoms in total. The van der Waals surface area contributed by atoms with Gasteiger partial charge in [-0.05, 0) is 12.8 Å². The van der Waals surface area contributed by atoms with E-state index < -0.39 is 10.0 Å². The summed E-state index contributed by atoms with van der Waals surface area (Å²) in [5, 5.41) is 6.68. The van der Waals surface area contributed by atoms with E-state index in [9.17, 15) is 8.42 Å². The highest BCUT2D eigenvalue weighted by Gasteiger charge is 2.29. The van der Waals surface area contributed by atoms with E-state index in [-0.39, 0.29) is 10.9 Å². The molecule has 0 bridgehead atoms. The number of sulfonamides is 1. The first kappa shape index (κ1) is 16.5. The minimum Gasteiger partial charge on any atom is -0.281 e. The zero-order valence-corrected chi connectivity index (χ0v) is 13.5. The first-order chi connectivity index (χ1) is 8.88. The molecule has 7 heteroatoms. The summed E-state index contributed by atoms with van der Waals surface area (Å²) < 4.78 is 26.7. The third-order valence-electron chi connectivity index (χ3n) is 3.32. The van der Waals surface area contributed by atoms with Crippen molar-refractivity contribution in [2.75, 3.05) is 13.1 Å². The van der Waals surface area contributed by atoms with E-state index >= 15 is 0 Å². The van der Waals surface area contributed by atoms with Crippen LogP contribution >= 0.6 is 11.6 Å². The topological polar surface area (TPSA) is 66.1 Å². The molecule has 1 atom stereocenters. The van der Waals surface area contributed by atoms with E-state index in [1.54, 1.807) is 6.92 Å². The maximum absolute atomic E-state index is 12.6. The van der Waals surface area contributed by atoms with Crippen LogP contribution in [0.15, 0.2) is 5.03 Å². The van der Waals surface area contributed by atoms with Gasteiger partial charge in [-0.3, -0.25) is 5.10 Å². The Balaban J connectivity index is 3.13. The summed E-state index contributed by atoms with van der Waals surface area (Å²) >= 11 is 5.82. The lowest BCUT2D eigenvalue weighted by molar-refractivity contribution is 0.360. The highest BCUT2D eigenvalue weighted by molar-refractivity contribution is 7.89. The van der Waals surface area contributed by atoms with Gasteiger partial charge >= 0.3 is 0 Å². The molecule has 0 aliphatic rings. The Hall–Kier alpha value is -0.590. The van der Waals surface area contributed by atoms with E-state index in [1.165, 1.54) is 4.31 Å². The summed E-state index contributed by atoms with van der Waals surface area (Å²) in [6, 6.07) is 0. The van der Waals surface area contributed by atoms with Gasteiger partial charge in [0.15, 0.2) is 5.03 Å². The van der Waals surface area contributed by atoms with Gasteiger partial charge in [0.05, 0.1) is 5.88 Å². The molecule has 0 saturated heterocycles. The van der Waals surface area contributed by atoms with E-state index in [0.717, 1.165) is 6.42 Å². The van der Waals surface area contributed by atoms with E-state index in [0.29, 0.717) is 30.3 Å². The van der Waals surface area contributed by atoms with Crippen LogP contribution in [0.5, 0.6) is 0 Å². The number of aromatic amines is 1. The second-order valence-electron chi connectivity index (χ2n) is 4.74. The number of alkyl halides is 1. The predicted molar refractivity (Wildman–Crippen MR) is 76.8 cm³/mol. The summed E-state index contributed by atoms with van der Waals surface area (Å²) in [6.07, 6.45) is 0.938. The SMILES string of the molecule is CCC(C)CN(CC)S(=O)(=O)c1n[nH]c(C)c1CCl. The molecule has 110 valence electrons. The Labute approximate surface area is 120 Å². The fraction of sp³-hybridized carbons (Fsp3) is 0.750. The number of aromatic nitrogens is 2. The van der Waals surface area contributed by atoms with Crippen molar-refractivity contribution in [1.29, 1.82) is 0 Å². The van der Waals surface area contributed by atoms with Crippen LogP contribution in [0.3, 0.4) is 0 Å². The molecule has 0 aromatic carbocycles. The molecule has 0 radical (unpaired) electrons. The van der Waals surface area contributed by atoms with Crippen LogP contribution in [0.4, 0.5) is 0 Å². The molecule has 1 aromatic rings. The molecule has 0 aliphatic carbocycles. The second kappa shape index (κ2) is 6.72. The number of aryl methyl sites for hydroxylation is 1. The summed E-state index contributed by atoms with van der Waals surface area (Å²) in [5.41, 5.74) is 1.26. The van der Waals surface area contributed by atoms with Gasteiger partial charge in [-0.1, -0.05) is 27.2 Å². The molecule has 0 amide bonds. The molecule has 19 heavy (non-hydrogen) atoms. The van der Waals surface area contributed by atoms with E-state index in [2.05, 4.69) is 10.2 Å². The normalized spacial score (nSPS) is 14.0. The van der Waals surface area contributed by atoms with Crippen molar-refractivity contribution in [3.63, 3.8) is 0 Å². The first-order valence-corrected chi connectivity index (χ1v) is 8.45. The van der Waals surface area contributed by atoms with Crippen LogP contribution in [0.25, 0.3) is 0 Å². The average molecular weight is 308 g/mol. The van der Waals surface area contributed by atoms with Crippen molar-refractivity contribution in [1.82, 2.24) is 14.5 Å². The Kier molecular flexibility index (Phi) is 5.82. The van der Waals surface area contributed by atoms with Gasteiger partial charge in [-0.15, -0.1) is 11.6 Å². The molecule has 1 heterocycles. The number of nitrogens with zero attached hydrogens (tertiary/aromatic N) is 2. The van der Waals surface area contributed by atoms with Crippen molar-refractivity contribution >= 4 is 21.6 Å². The first-order valence-electron chi connectivity index (χ1n) is 6.48. The fourth-order valence-electron chi connectivity index (χ4n) is 1.80. The summed E-state index contributed by atoms with van der Waals surface area (Å²) in [4.78, 5) is 0. The number of H-pyrrole nitrogens is 1. The number of hydrogen-bond acceptors (Lipinski definition) is 3. The van der Waals surface area contributed by atoms with Crippen molar-refractivity contribution in [2.45, 2.75) is 45.0 Å². The van der Waals surface area contributed by atoms with Gasteiger partial charge in [0, 0.05) is 24.3 Å². The number of halogens is 1. The molecule has 0 fully saturated rings. The van der Waals surface area contributed by atoms with Crippen LogP contribution in [-0.4, -0.2) is 36.0 Å². The van der Waals surface area contributed by atoms with Crippen molar-refractivity contribution < 1.29 is 8.42 Å². The minimum absolute atomic E-state index is 0.0603. The number of hydrogen-bond donors (Lipinski definition) is 1. The summed E-state index contributed by atoms with van der Waals surface area (Å²) in [6.45, 7) is 8.63. The quantitative estimate of drug-likeness (QED) is 0.787.